The van der Waals surface area contributed by atoms with Crippen LogP contribution in [0.5, 0.6) is 0 Å². The Morgan fingerprint density at radius 2 is 1.85 bits per heavy atom. The van der Waals surface area contributed by atoms with Gasteiger partial charge in [0.05, 0.1) is 12.4 Å². The second-order valence-electron chi connectivity index (χ2n) is 6.60. The number of hydrogen-bond donors (Lipinski definition) is 0. The van der Waals surface area contributed by atoms with Crippen molar-refractivity contribution in [2.75, 3.05) is 6.79 Å². The molecule has 0 spiro atoms. The first-order valence-electron chi connectivity index (χ1n) is 8.71. The molecule has 4 atom stereocenters. The van der Waals surface area contributed by atoms with Crippen molar-refractivity contribution in [2.24, 2.45) is 17.8 Å². The molecule has 0 aliphatic heterocycles. The minimum atomic E-state index is 0.387. The molecule has 0 aromatic carbocycles. The van der Waals surface area contributed by atoms with E-state index in [1.807, 2.05) is 0 Å². The smallest absolute Gasteiger partial charge is 0.188 e. The highest BCUT2D eigenvalue weighted by Gasteiger charge is 2.40. The van der Waals surface area contributed by atoms with Gasteiger partial charge in [-0.25, -0.2) is 0 Å². The van der Waals surface area contributed by atoms with Gasteiger partial charge in [0.2, 0.25) is 0 Å². The summed E-state index contributed by atoms with van der Waals surface area (Å²) in [6, 6.07) is 0. The minimum absolute atomic E-state index is 0.387. The van der Waals surface area contributed by atoms with Crippen LogP contribution in [-0.2, 0) is 9.47 Å². The molecule has 2 fully saturated rings. The first kappa shape index (κ1) is 15.9. The second-order valence-corrected chi connectivity index (χ2v) is 6.60. The van der Waals surface area contributed by atoms with Gasteiger partial charge in [-0.2, -0.15) is 0 Å². The van der Waals surface area contributed by atoms with Gasteiger partial charge >= 0.3 is 0 Å². The van der Waals surface area contributed by atoms with Crippen LogP contribution in [0.3, 0.4) is 0 Å². The number of ether oxygens (including phenoxy) is 2. The summed E-state index contributed by atoms with van der Waals surface area (Å²) in [4.78, 5) is 0. The summed E-state index contributed by atoms with van der Waals surface area (Å²) in [7, 11) is 0. The molecular formula is C18H32O2. The van der Waals surface area contributed by atoms with Gasteiger partial charge in [0, 0.05) is 0 Å². The van der Waals surface area contributed by atoms with Crippen molar-refractivity contribution < 1.29 is 9.47 Å². The van der Waals surface area contributed by atoms with Crippen LogP contribution >= 0.6 is 0 Å². The maximum Gasteiger partial charge on any atom is 0.188 e. The fourth-order valence-corrected chi connectivity index (χ4v) is 4.44. The zero-order valence-corrected chi connectivity index (χ0v) is 13.2. The molecule has 0 heterocycles. The van der Waals surface area contributed by atoms with Gasteiger partial charge in [-0.05, 0) is 43.4 Å². The number of unbranched alkanes of at least 4 members (excludes halogenated alkanes) is 2. The molecule has 2 saturated carbocycles. The summed E-state index contributed by atoms with van der Waals surface area (Å²) in [5.74, 6) is 2.67. The molecule has 0 N–H and O–H groups in total. The molecule has 2 nitrogen and oxygen atoms in total. The normalized spacial score (nSPS) is 33.5. The van der Waals surface area contributed by atoms with Gasteiger partial charge in [0.15, 0.2) is 6.79 Å². The minimum Gasteiger partial charge on any atom is -0.476 e. The van der Waals surface area contributed by atoms with Crippen LogP contribution in [0.2, 0.25) is 0 Å². The lowest BCUT2D eigenvalue weighted by Crippen LogP contribution is -2.41. The molecular weight excluding hydrogens is 248 g/mol. The van der Waals surface area contributed by atoms with E-state index in [4.69, 9.17) is 9.47 Å². The summed E-state index contributed by atoms with van der Waals surface area (Å²) in [6.45, 7) is 6.26. The van der Waals surface area contributed by atoms with Crippen molar-refractivity contribution in [1.82, 2.24) is 0 Å². The second kappa shape index (κ2) is 8.71. The van der Waals surface area contributed by atoms with E-state index >= 15 is 0 Å². The van der Waals surface area contributed by atoms with Gasteiger partial charge in [-0.3, -0.25) is 0 Å². The molecule has 2 heteroatoms. The molecule has 2 aliphatic rings. The summed E-state index contributed by atoms with van der Waals surface area (Å²) >= 11 is 0. The Bertz CT molecular complexity index is 277. The predicted octanol–water partition coefficient (Wildman–Crippen LogP) is 5.29. The quantitative estimate of drug-likeness (QED) is 0.342. The average molecular weight is 280 g/mol. The maximum atomic E-state index is 5.97. The highest BCUT2D eigenvalue weighted by atomic mass is 16.7. The molecule has 0 amide bonds. The zero-order chi connectivity index (χ0) is 14.2. The predicted molar refractivity (Wildman–Crippen MR) is 83.3 cm³/mol. The Labute approximate surface area is 124 Å². The van der Waals surface area contributed by atoms with Crippen LogP contribution in [0.25, 0.3) is 0 Å². The van der Waals surface area contributed by atoms with Gasteiger partial charge in [0.25, 0.3) is 0 Å². The first-order valence-corrected chi connectivity index (χ1v) is 8.71. The maximum absolute atomic E-state index is 5.97. The summed E-state index contributed by atoms with van der Waals surface area (Å²) < 4.78 is 11.1. The molecule has 0 saturated heterocycles. The molecule has 0 aromatic rings. The molecule has 0 radical (unpaired) electrons. The van der Waals surface area contributed by atoms with Crippen LogP contribution in [0.1, 0.15) is 71.1 Å². The fourth-order valence-electron chi connectivity index (χ4n) is 4.44. The highest BCUT2D eigenvalue weighted by Crippen LogP contribution is 2.46. The lowest BCUT2D eigenvalue weighted by Gasteiger charge is -2.45. The van der Waals surface area contributed by atoms with E-state index in [2.05, 4.69) is 13.5 Å². The van der Waals surface area contributed by atoms with E-state index in [9.17, 15) is 0 Å². The molecule has 2 rings (SSSR count). The third-order valence-corrected chi connectivity index (χ3v) is 5.43. The fraction of sp³-hybridized carbons (Fsp3) is 0.889. The highest BCUT2D eigenvalue weighted by molar-refractivity contribution is 4.90. The number of rotatable bonds is 8. The Hall–Kier alpha value is -0.500. The van der Waals surface area contributed by atoms with Crippen molar-refractivity contribution in [3.05, 3.63) is 12.8 Å². The third kappa shape index (κ3) is 4.25. The topological polar surface area (TPSA) is 18.5 Å². The van der Waals surface area contributed by atoms with E-state index in [1.165, 1.54) is 70.5 Å². The lowest BCUT2D eigenvalue weighted by atomic mass is 9.63. The van der Waals surface area contributed by atoms with Crippen molar-refractivity contribution in [3.8, 4) is 0 Å². The molecule has 2 aliphatic carbocycles. The van der Waals surface area contributed by atoms with Gasteiger partial charge in [-0.1, -0.05) is 52.0 Å². The summed E-state index contributed by atoms with van der Waals surface area (Å²) in [5, 5.41) is 0. The third-order valence-electron chi connectivity index (χ3n) is 5.43. The van der Waals surface area contributed by atoms with Gasteiger partial charge < -0.3 is 9.47 Å². The SMILES string of the molecule is C=COCOC1CCC(CCCCC)C2CCCCC12. The monoisotopic (exact) mass is 280 g/mol. The van der Waals surface area contributed by atoms with Crippen LogP contribution in [0.15, 0.2) is 12.8 Å². The van der Waals surface area contributed by atoms with Gasteiger partial charge in [0.1, 0.15) is 0 Å². The molecule has 4 unspecified atom stereocenters. The average Bonchev–Trinajstić information content (AvgIpc) is 2.49. The molecule has 20 heavy (non-hydrogen) atoms. The van der Waals surface area contributed by atoms with Crippen LogP contribution in [0, 0.1) is 17.8 Å². The van der Waals surface area contributed by atoms with Crippen LogP contribution < -0.4 is 0 Å². The van der Waals surface area contributed by atoms with Crippen molar-refractivity contribution in [3.63, 3.8) is 0 Å². The number of fused-ring (bicyclic) bond motifs is 1. The largest absolute Gasteiger partial charge is 0.476 e. The summed E-state index contributed by atoms with van der Waals surface area (Å²) in [6.07, 6.45) is 15.8. The molecule has 116 valence electrons. The molecule has 0 bridgehead atoms. The van der Waals surface area contributed by atoms with E-state index in [1.54, 1.807) is 0 Å². The van der Waals surface area contributed by atoms with E-state index in [0.29, 0.717) is 12.9 Å². The number of hydrogen-bond acceptors (Lipinski definition) is 2. The Morgan fingerprint density at radius 3 is 2.60 bits per heavy atom. The molecule has 0 aromatic heterocycles. The van der Waals surface area contributed by atoms with Crippen molar-refractivity contribution in [1.29, 1.82) is 0 Å². The Balaban J connectivity index is 1.86. The Kier molecular flexibility index (Phi) is 6.92. The van der Waals surface area contributed by atoms with Gasteiger partial charge in [-0.15, -0.1) is 0 Å². The van der Waals surface area contributed by atoms with E-state index in [-0.39, 0.29) is 0 Å². The lowest BCUT2D eigenvalue weighted by molar-refractivity contribution is -0.121. The van der Waals surface area contributed by atoms with E-state index in [0.717, 1.165) is 17.8 Å². The van der Waals surface area contributed by atoms with Crippen LogP contribution in [-0.4, -0.2) is 12.9 Å². The van der Waals surface area contributed by atoms with Crippen LogP contribution in [0.4, 0.5) is 0 Å². The standard InChI is InChI=1S/C18H32O2/c1-3-5-6-9-15-12-13-18(20-14-19-4-2)17-11-8-7-10-16(15)17/h4,15-18H,2-3,5-14H2,1H3. The summed E-state index contributed by atoms with van der Waals surface area (Å²) in [5.41, 5.74) is 0. The zero-order valence-electron chi connectivity index (χ0n) is 13.2. The first-order chi connectivity index (χ1) is 9.86. The van der Waals surface area contributed by atoms with E-state index < -0.39 is 0 Å². The van der Waals surface area contributed by atoms with Crippen molar-refractivity contribution >= 4 is 0 Å². The van der Waals surface area contributed by atoms with Crippen molar-refractivity contribution in [2.45, 2.75) is 77.2 Å². The Morgan fingerprint density at radius 1 is 1.05 bits per heavy atom.